The SMILES string of the molecule is Cc1cccc(C)c1NC(=O)CSc1ncc(-c2cccc(Cl)c2)o1. The summed E-state index contributed by atoms with van der Waals surface area (Å²) in [6.07, 6.45) is 1.64. The first-order valence-corrected chi connectivity index (χ1v) is 9.10. The predicted octanol–water partition coefficient (Wildman–Crippen LogP) is 5.34. The Morgan fingerprint density at radius 3 is 2.64 bits per heavy atom. The molecule has 1 N–H and O–H groups in total. The molecular weight excluding hydrogens is 356 g/mol. The molecule has 0 saturated heterocycles. The lowest BCUT2D eigenvalue weighted by atomic mass is 10.1. The molecule has 128 valence electrons. The summed E-state index contributed by atoms with van der Waals surface area (Å²) in [6, 6.07) is 13.3. The molecule has 6 heteroatoms. The molecule has 0 unspecified atom stereocenters. The van der Waals surface area contributed by atoms with Crippen molar-refractivity contribution >= 4 is 35.0 Å². The van der Waals surface area contributed by atoms with Gasteiger partial charge in [-0.05, 0) is 37.1 Å². The molecule has 2 aromatic carbocycles. The molecule has 1 amide bonds. The summed E-state index contributed by atoms with van der Waals surface area (Å²) >= 11 is 7.24. The first-order chi connectivity index (χ1) is 12.0. The maximum atomic E-state index is 12.2. The number of rotatable bonds is 5. The third-order valence-corrected chi connectivity index (χ3v) is 4.74. The molecule has 0 radical (unpaired) electrons. The Kier molecular flexibility index (Phi) is 5.46. The summed E-state index contributed by atoms with van der Waals surface area (Å²) in [4.78, 5) is 16.4. The molecule has 0 aliphatic rings. The lowest BCUT2D eigenvalue weighted by Crippen LogP contribution is -2.15. The third-order valence-electron chi connectivity index (χ3n) is 3.67. The van der Waals surface area contributed by atoms with E-state index in [1.807, 2.05) is 50.2 Å². The van der Waals surface area contributed by atoms with E-state index in [2.05, 4.69) is 10.3 Å². The van der Waals surface area contributed by atoms with Gasteiger partial charge in [-0.25, -0.2) is 4.98 Å². The number of para-hydroxylation sites is 1. The third kappa shape index (κ3) is 4.44. The van der Waals surface area contributed by atoms with E-state index in [0.29, 0.717) is 16.0 Å². The zero-order chi connectivity index (χ0) is 17.8. The molecule has 1 heterocycles. The van der Waals surface area contributed by atoms with Gasteiger partial charge in [0.05, 0.1) is 11.9 Å². The van der Waals surface area contributed by atoms with Crippen LogP contribution in [0.5, 0.6) is 0 Å². The summed E-state index contributed by atoms with van der Waals surface area (Å²) in [6.45, 7) is 3.95. The van der Waals surface area contributed by atoms with Gasteiger partial charge >= 0.3 is 0 Å². The van der Waals surface area contributed by atoms with Crippen molar-refractivity contribution in [3.8, 4) is 11.3 Å². The highest BCUT2D eigenvalue weighted by Crippen LogP contribution is 2.27. The second-order valence-electron chi connectivity index (χ2n) is 5.60. The maximum absolute atomic E-state index is 12.2. The van der Waals surface area contributed by atoms with Gasteiger partial charge in [-0.3, -0.25) is 4.79 Å². The van der Waals surface area contributed by atoms with E-state index in [1.165, 1.54) is 11.8 Å². The number of halogens is 1. The molecule has 3 aromatic rings. The van der Waals surface area contributed by atoms with Crippen LogP contribution in [-0.2, 0) is 4.79 Å². The first kappa shape index (κ1) is 17.6. The molecule has 0 atom stereocenters. The molecule has 0 aliphatic carbocycles. The zero-order valence-electron chi connectivity index (χ0n) is 13.9. The number of hydrogen-bond donors (Lipinski definition) is 1. The number of carbonyl (C=O) groups excluding carboxylic acids is 1. The molecule has 0 bridgehead atoms. The van der Waals surface area contributed by atoms with Crippen LogP contribution in [0.4, 0.5) is 5.69 Å². The van der Waals surface area contributed by atoms with E-state index in [9.17, 15) is 4.79 Å². The lowest BCUT2D eigenvalue weighted by molar-refractivity contribution is -0.113. The molecule has 0 spiro atoms. The minimum absolute atomic E-state index is 0.0927. The van der Waals surface area contributed by atoms with E-state index in [4.69, 9.17) is 16.0 Å². The molecule has 0 saturated carbocycles. The highest BCUT2D eigenvalue weighted by molar-refractivity contribution is 7.99. The Hall–Kier alpha value is -2.24. The highest BCUT2D eigenvalue weighted by Gasteiger charge is 2.11. The van der Waals surface area contributed by atoms with Crippen molar-refractivity contribution < 1.29 is 9.21 Å². The van der Waals surface area contributed by atoms with Crippen molar-refractivity contribution in [2.45, 2.75) is 19.1 Å². The fraction of sp³-hybridized carbons (Fsp3) is 0.158. The van der Waals surface area contributed by atoms with E-state index in [0.717, 1.165) is 22.4 Å². The minimum Gasteiger partial charge on any atom is -0.431 e. The van der Waals surface area contributed by atoms with Crippen molar-refractivity contribution in [1.82, 2.24) is 4.98 Å². The first-order valence-electron chi connectivity index (χ1n) is 7.73. The molecule has 4 nitrogen and oxygen atoms in total. The number of aromatic nitrogens is 1. The fourth-order valence-electron chi connectivity index (χ4n) is 2.41. The quantitative estimate of drug-likeness (QED) is 0.614. The molecule has 0 aliphatic heterocycles. The van der Waals surface area contributed by atoms with Crippen LogP contribution < -0.4 is 5.32 Å². The summed E-state index contributed by atoms with van der Waals surface area (Å²) in [5, 5.41) is 4.03. The van der Waals surface area contributed by atoms with E-state index >= 15 is 0 Å². The lowest BCUT2D eigenvalue weighted by Gasteiger charge is -2.10. The fourth-order valence-corrected chi connectivity index (χ4v) is 3.21. The zero-order valence-corrected chi connectivity index (χ0v) is 15.4. The van der Waals surface area contributed by atoms with Crippen molar-refractivity contribution in [3.63, 3.8) is 0 Å². The Morgan fingerprint density at radius 1 is 1.20 bits per heavy atom. The molecule has 0 fully saturated rings. The number of hydrogen-bond acceptors (Lipinski definition) is 4. The van der Waals surface area contributed by atoms with Gasteiger partial charge in [0, 0.05) is 16.3 Å². The van der Waals surface area contributed by atoms with Crippen LogP contribution in [0.2, 0.25) is 5.02 Å². The van der Waals surface area contributed by atoms with E-state index in [1.54, 1.807) is 12.3 Å². The number of nitrogens with zero attached hydrogens (tertiary/aromatic N) is 1. The largest absolute Gasteiger partial charge is 0.431 e. The Labute approximate surface area is 155 Å². The second kappa shape index (κ2) is 7.76. The monoisotopic (exact) mass is 372 g/mol. The number of nitrogens with one attached hydrogen (secondary N) is 1. The van der Waals surface area contributed by atoms with Gasteiger partial charge < -0.3 is 9.73 Å². The second-order valence-corrected chi connectivity index (χ2v) is 6.97. The number of benzene rings is 2. The van der Waals surface area contributed by atoms with Gasteiger partial charge in [0.15, 0.2) is 5.76 Å². The maximum Gasteiger partial charge on any atom is 0.256 e. The van der Waals surface area contributed by atoms with Crippen LogP contribution in [0.1, 0.15) is 11.1 Å². The number of carbonyl (C=O) groups is 1. The Balaban J connectivity index is 1.61. The van der Waals surface area contributed by atoms with Crippen LogP contribution in [0.15, 0.2) is 58.3 Å². The van der Waals surface area contributed by atoms with Gasteiger partial charge in [0.1, 0.15) is 0 Å². The number of thioether (sulfide) groups is 1. The van der Waals surface area contributed by atoms with Gasteiger partial charge in [-0.2, -0.15) is 0 Å². The minimum atomic E-state index is -0.0927. The summed E-state index contributed by atoms with van der Waals surface area (Å²) in [7, 11) is 0. The van der Waals surface area contributed by atoms with Crippen LogP contribution >= 0.6 is 23.4 Å². The van der Waals surface area contributed by atoms with Gasteiger partial charge in [0.2, 0.25) is 5.91 Å². The van der Waals surface area contributed by atoms with Gasteiger partial charge in [-0.1, -0.05) is 53.7 Å². The van der Waals surface area contributed by atoms with Crippen LogP contribution in [0, 0.1) is 13.8 Å². The normalized spacial score (nSPS) is 10.7. The van der Waals surface area contributed by atoms with Crippen LogP contribution in [-0.4, -0.2) is 16.6 Å². The van der Waals surface area contributed by atoms with Gasteiger partial charge in [-0.15, -0.1) is 0 Å². The highest BCUT2D eigenvalue weighted by atomic mass is 35.5. The van der Waals surface area contributed by atoms with Crippen molar-refractivity contribution in [2.24, 2.45) is 0 Å². The van der Waals surface area contributed by atoms with Gasteiger partial charge in [0.25, 0.3) is 5.22 Å². The number of oxazole rings is 1. The molecule has 25 heavy (non-hydrogen) atoms. The smallest absolute Gasteiger partial charge is 0.256 e. The van der Waals surface area contributed by atoms with Crippen LogP contribution in [0.3, 0.4) is 0 Å². The van der Waals surface area contributed by atoms with Crippen molar-refractivity contribution in [1.29, 1.82) is 0 Å². The Bertz CT molecular complexity index is 888. The van der Waals surface area contributed by atoms with Crippen molar-refractivity contribution in [3.05, 3.63) is 64.8 Å². The van der Waals surface area contributed by atoms with Crippen molar-refractivity contribution in [2.75, 3.05) is 11.1 Å². The number of aryl methyl sites for hydroxylation is 2. The van der Waals surface area contributed by atoms with Crippen LogP contribution in [0.25, 0.3) is 11.3 Å². The molecule has 1 aromatic heterocycles. The van der Waals surface area contributed by atoms with E-state index < -0.39 is 0 Å². The number of amides is 1. The standard InChI is InChI=1S/C19H17ClN2O2S/c1-12-5-3-6-13(2)18(12)22-17(23)11-25-19-21-10-16(24-19)14-7-4-8-15(20)9-14/h3-10H,11H2,1-2H3,(H,22,23). The summed E-state index contributed by atoms with van der Waals surface area (Å²) < 4.78 is 5.69. The predicted molar refractivity (Wildman–Crippen MR) is 102 cm³/mol. The van der Waals surface area contributed by atoms with E-state index in [-0.39, 0.29) is 11.7 Å². The Morgan fingerprint density at radius 2 is 1.92 bits per heavy atom. The molecular formula is C19H17ClN2O2S. The topological polar surface area (TPSA) is 55.1 Å². The average Bonchev–Trinajstić information content (AvgIpc) is 3.06. The molecule has 3 rings (SSSR count). The number of anilines is 1. The summed E-state index contributed by atoms with van der Waals surface area (Å²) in [5.74, 6) is 0.758. The summed E-state index contributed by atoms with van der Waals surface area (Å²) in [5.41, 5.74) is 3.79. The average molecular weight is 373 g/mol.